The third kappa shape index (κ3) is 2.63. The van der Waals surface area contributed by atoms with Crippen molar-refractivity contribution in [3.8, 4) is 0 Å². The van der Waals surface area contributed by atoms with Crippen LogP contribution in [0.4, 0.5) is 0 Å². The lowest BCUT2D eigenvalue weighted by Gasteiger charge is -2.32. The first-order chi connectivity index (χ1) is 9.63. The minimum atomic E-state index is 0.557. The molecule has 3 heterocycles. The van der Waals surface area contributed by atoms with Crippen LogP contribution in [0.3, 0.4) is 0 Å². The lowest BCUT2D eigenvalue weighted by atomic mass is 10.1. The summed E-state index contributed by atoms with van der Waals surface area (Å²) in [5, 5.41) is 4.63. The Morgan fingerprint density at radius 2 is 2.00 bits per heavy atom. The van der Waals surface area contributed by atoms with Crippen LogP contribution in [0, 0.1) is 13.8 Å². The molecule has 0 amide bonds. The van der Waals surface area contributed by atoms with Crippen LogP contribution >= 0.6 is 0 Å². The molecule has 2 aromatic heterocycles. The van der Waals surface area contributed by atoms with Crippen molar-refractivity contribution in [2.45, 2.75) is 39.3 Å². The Hall–Kier alpha value is -1.62. The van der Waals surface area contributed by atoms with E-state index in [1.807, 2.05) is 12.4 Å². The normalized spacial score (nSPS) is 17.8. The smallest absolute Gasteiger partial charge is 0.122 e. The summed E-state index contributed by atoms with van der Waals surface area (Å²) in [6.07, 6.45) is 6.23. The van der Waals surface area contributed by atoms with Gasteiger partial charge < -0.3 is 4.57 Å². The third-order valence-corrected chi connectivity index (χ3v) is 4.23. The summed E-state index contributed by atoms with van der Waals surface area (Å²) in [4.78, 5) is 6.90. The van der Waals surface area contributed by atoms with Crippen LogP contribution in [0.5, 0.6) is 0 Å². The van der Waals surface area contributed by atoms with Crippen LogP contribution in [0.2, 0.25) is 0 Å². The number of piperidine rings is 1. The van der Waals surface area contributed by atoms with Gasteiger partial charge in [0.2, 0.25) is 0 Å². The average molecular weight is 273 g/mol. The molecular weight excluding hydrogens is 250 g/mol. The highest BCUT2D eigenvalue weighted by Gasteiger charge is 2.22. The van der Waals surface area contributed by atoms with Crippen LogP contribution < -0.4 is 0 Å². The van der Waals surface area contributed by atoms with E-state index in [2.05, 4.69) is 51.2 Å². The number of imidazole rings is 1. The number of nitrogens with zero attached hydrogens (tertiary/aromatic N) is 5. The Kier molecular flexibility index (Phi) is 3.61. The van der Waals surface area contributed by atoms with E-state index >= 15 is 0 Å². The van der Waals surface area contributed by atoms with Crippen molar-refractivity contribution in [3.63, 3.8) is 0 Å². The fourth-order valence-corrected chi connectivity index (χ4v) is 3.09. The number of rotatable bonds is 3. The zero-order chi connectivity index (χ0) is 14.1. The molecule has 5 nitrogen and oxygen atoms in total. The zero-order valence-electron chi connectivity index (χ0n) is 12.6. The molecule has 0 unspecified atom stereocenters. The molecule has 108 valence electrons. The van der Waals surface area contributed by atoms with Gasteiger partial charge in [0.05, 0.1) is 18.3 Å². The third-order valence-electron chi connectivity index (χ3n) is 4.23. The van der Waals surface area contributed by atoms with Crippen molar-refractivity contribution in [2.24, 2.45) is 7.05 Å². The number of likely N-dealkylation sites (tertiary alicyclic amines) is 1. The molecule has 2 aromatic rings. The second-order valence-corrected chi connectivity index (χ2v) is 5.83. The molecule has 0 spiro atoms. The number of hydrogen-bond acceptors (Lipinski definition) is 3. The van der Waals surface area contributed by atoms with Gasteiger partial charge in [0.15, 0.2) is 0 Å². The van der Waals surface area contributed by atoms with Crippen LogP contribution in [0.1, 0.15) is 36.1 Å². The molecular formula is C15H23N5. The van der Waals surface area contributed by atoms with Gasteiger partial charge in [-0.05, 0) is 32.8 Å². The molecule has 1 saturated heterocycles. The van der Waals surface area contributed by atoms with Gasteiger partial charge in [0.25, 0.3) is 0 Å². The van der Waals surface area contributed by atoms with Gasteiger partial charge in [-0.25, -0.2) is 4.98 Å². The van der Waals surface area contributed by atoms with E-state index in [0.29, 0.717) is 6.04 Å². The monoisotopic (exact) mass is 273 g/mol. The van der Waals surface area contributed by atoms with Crippen LogP contribution in [0.25, 0.3) is 0 Å². The van der Waals surface area contributed by atoms with Crippen LogP contribution in [-0.2, 0) is 13.6 Å². The highest BCUT2D eigenvalue weighted by Crippen LogP contribution is 2.24. The highest BCUT2D eigenvalue weighted by molar-refractivity contribution is 5.08. The second-order valence-electron chi connectivity index (χ2n) is 5.83. The minimum Gasteiger partial charge on any atom is -0.337 e. The zero-order valence-corrected chi connectivity index (χ0v) is 12.6. The Morgan fingerprint density at radius 3 is 2.55 bits per heavy atom. The van der Waals surface area contributed by atoms with Gasteiger partial charge in [-0.2, -0.15) is 5.10 Å². The summed E-state index contributed by atoms with van der Waals surface area (Å²) in [5.41, 5.74) is 2.41. The maximum atomic E-state index is 4.63. The lowest BCUT2D eigenvalue weighted by Crippen LogP contribution is -2.35. The molecule has 20 heavy (non-hydrogen) atoms. The van der Waals surface area contributed by atoms with Crippen LogP contribution in [-0.4, -0.2) is 37.3 Å². The van der Waals surface area contributed by atoms with E-state index in [1.54, 1.807) is 0 Å². The number of hydrogen-bond donors (Lipinski definition) is 0. The molecule has 1 aliphatic heterocycles. The van der Waals surface area contributed by atoms with E-state index < -0.39 is 0 Å². The summed E-state index contributed by atoms with van der Waals surface area (Å²) < 4.78 is 4.32. The first-order valence-electron chi connectivity index (χ1n) is 7.35. The Labute approximate surface area is 120 Å². The van der Waals surface area contributed by atoms with Crippen molar-refractivity contribution in [3.05, 3.63) is 35.7 Å². The molecule has 0 N–H and O–H groups in total. The molecule has 0 aliphatic carbocycles. The number of aromatic nitrogens is 4. The molecule has 0 atom stereocenters. The maximum Gasteiger partial charge on any atom is 0.122 e. The largest absolute Gasteiger partial charge is 0.337 e. The summed E-state index contributed by atoms with van der Waals surface area (Å²) in [6, 6.07) is 2.72. The SMILES string of the molecule is Cc1cc(C)n(C2CCN(Cc3nccn3C)CC2)n1. The molecule has 1 fully saturated rings. The van der Waals surface area contributed by atoms with Crippen molar-refractivity contribution in [2.75, 3.05) is 13.1 Å². The van der Waals surface area contributed by atoms with E-state index in [4.69, 9.17) is 0 Å². The van der Waals surface area contributed by atoms with Crippen molar-refractivity contribution in [1.29, 1.82) is 0 Å². The summed E-state index contributed by atoms with van der Waals surface area (Å²) in [7, 11) is 2.06. The molecule has 0 aromatic carbocycles. The lowest BCUT2D eigenvalue weighted by molar-refractivity contribution is 0.167. The van der Waals surface area contributed by atoms with E-state index in [-0.39, 0.29) is 0 Å². The van der Waals surface area contributed by atoms with Crippen molar-refractivity contribution < 1.29 is 0 Å². The summed E-state index contributed by atoms with van der Waals surface area (Å²) in [6.45, 7) is 7.42. The Morgan fingerprint density at radius 1 is 1.25 bits per heavy atom. The second kappa shape index (κ2) is 5.40. The summed E-state index contributed by atoms with van der Waals surface area (Å²) in [5.74, 6) is 1.15. The molecule has 5 heteroatoms. The average Bonchev–Trinajstić information content (AvgIpc) is 2.97. The van der Waals surface area contributed by atoms with Gasteiger partial charge in [-0.3, -0.25) is 9.58 Å². The molecule has 3 rings (SSSR count). The minimum absolute atomic E-state index is 0.557. The Balaban J connectivity index is 1.60. The first kappa shape index (κ1) is 13.4. The quantitative estimate of drug-likeness (QED) is 0.859. The maximum absolute atomic E-state index is 4.63. The van der Waals surface area contributed by atoms with Crippen molar-refractivity contribution in [1.82, 2.24) is 24.2 Å². The van der Waals surface area contributed by atoms with E-state index in [0.717, 1.165) is 31.2 Å². The predicted octanol–water partition coefficient (Wildman–Crippen LogP) is 2.07. The molecule has 0 saturated carbocycles. The van der Waals surface area contributed by atoms with Crippen LogP contribution in [0.15, 0.2) is 18.5 Å². The fourth-order valence-electron chi connectivity index (χ4n) is 3.09. The van der Waals surface area contributed by atoms with E-state index in [1.165, 1.54) is 18.5 Å². The van der Waals surface area contributed by atoms with Gasteiger partial charge in [0.1, 0.15) is 5.82 Å². The predicted molar refractivity (Wildman–Crippen MR) is 78.5 cm³/mol. The van der Waals surface area contributed by atoms with Gasteiger partial charge in [-0.15, -0.1) is 0 Å². The molecule has 0 radical (unpaired) electrons. The Bertz CT molecular complexity index is 575. The number of aryl methyl sites for hydroxylation is 3. The summed E-state index contributed by atoms with van der Waals surface area (Å²) >= 11 is 0. The van der Waals surface area contributed by atoms with Gasteiger partial charge in [-0.1, -0.05) is 0 Å². The molecule has 0 bridgehead atoms. The first-order valence-corrected chi connectivity index (χ1v) is 7.35. The fraction of sp³-hybridized carbons (Fsp3) is 0.600. The van der Waals surface area contributed by atoms with Gasteiger partial charge in [0, 0.05) is 38.2 Å². The molecule has 1 aliphatic rings. The van der Waals surface area contributed by atoms with Gasteiger partial charge >= 0.3 is 0 Å². The highest BCUT2D eigenvalue weighted by atomic mass is 15.3. The topological polar surface area (TPSA) is 38.9 Å². The van der Waals surface area contributed by atoms with E-state index in [9.17, 15) is 0 Å². The van der Waals surface area contributed by atoms with Crippen molar-refractivity contribution >= 4 is 0 Å². The standard InChI is InChI=1S/C15H23N5/c1-12-10-13(2)20(17-12)14-4-7-19(8-5-14)11-15-16-6-9-18(15)3/h6,9-10,14H,4-5,7-8,11H2,1-3H3.